The summed E-state index contributed by atoms with van der Waals surface area (Å²) in [6, 6.07) is 6.86. The summed E-state index contributed by atoms with van der Waals surface area (Å²) >= 11 is 3.57. The monoisotopic (exact) mass is 282 g/mol. The lowest BCUT2D eigenvalue weighted by Gasteiger charge is -2.24. The number of rotatable bonds is 3. The fourth-order valence-electron chi connectivity index (χ4n) is 2.46. The van der Waals surface area contributed by atoms with Gasteiger partial charge in [-0.05, 0) is 47.4 Å². The summed E-state index contributed by atoms with van der Waals surface area (Å²) in [6.45, 7) is 0.982. The van der Waals surface area contributed by atoms with Crippen molar-refractivity contribution in [2.24, 2.45) is 0 Å². The molecule has 1 fully saturated rings. The summed E-state index contributed by atoms with van der Waals surface area (Å²) in [5.74, 6) is 0. The molecule has 1 aromatic carbocycles. The van der Waals surface area contributed by atoms with E-state index in [9.17, 15) is 0 Å². The molecule has 88 valence electrons. The zero-order valence-corrected chi connectivity index (χ0v) is 11.3. The predicted molar refractivity (Wildman–Crippen MR) is 72.3 cm³/mol. The van der Waals surface area contributed by atoms with E-state index < -0.39 is 0 Å². The normalized spacial score (nSPS) is 17.2. The third-order valence-corrected chi connectivity index (χ3v) is 4.44. The molecule has 0 radical (unpaired) electrons. The van der Waals surface area contributed by atoms with Gasteiger partial charge in [0.25, 0.3) is 0 Å². The Morgan fingerprint density at radius 3 is 2.75 bits per heavy atom. The Balaban J connectivity index is 2.05. The number of nitrogen functional groups attached to an aromatic ring is 1. The smallest absolute Gasteiger partial charge is 0.0461 e. The largest absolute Gasteiger partial charge is 0.398 e. The van der Waals surface area contributed by atoms with Crippen LogP contribution < -0.4 is 5.73 Å². The van der Waals surface area contributed by atoms with Crippen LogP contribution in [0.5, 0.6) is 0 Å². The van der Waals surface area contributed by atoms with Crippen molar-refractivity contribution in [3.05, 3.63) is 28.2 Å². The Bertz CT molecular complexity index is 359. The van der Waals surface area contributed by atoms with Crippen molar-refractivity contribution in [2.45, 2.75) is 38.3 Å². The summed E-state index contributed by atoms with van der Waals surface area (Å²) < 4.78 is 1.06. The van der Waals surface area contributed by atoms with Crippen LogP contribution in [0.4, 0.5) is 5.69 Å². The number of halogens is 1. The highest BCUT2D eigenvalue weighted by Gasteiger charge is 2.20. The highest BCUT2D eigenvalue weighted by molar-refractivity contribution is 9.10. The lowest BCUT2D eigenvalue weighted by Crippen LogP contribution is -2.28. The molecule has 2 rings (SSSR count). The Morgan fingerprint density at radius 2 is 2.06 bits per heavy atom. The fraction of sp³-hybridized carbons (Fsp3) is 0.538. The van der Waals surface area contributed by atoms with Gasteiger partial charge in [-0.15, -0.1) is 0 Å². The average Bonchev–Trinajstić information content (AvgIpc) is 2.78. The van der Waals surface area contributed by atoms with Crippen molar-refractivity contribution >= 4 is 21.6 Å². The lowest BCUT2D eigenvalue weighted by molar-refractivity contribution is 0.237. The first-order chi connectivity index (χ1) is 7.68. The van der Waals surface area contributed by atoms with E-state index in [0.717, 1.165) is 22.7 Å². The molecule has 0 saturated heterocycles. The van der Waals surface area contributed by atoms with Crippen molar-refractivity contribution in [1.82, 2.24) is 4.90 Å². The Labute approximate surface area is 106 Å². The average molecular weight is 283 g/mol. The molecule has 0 unspecified atom stereocenters. The van der Waals surface area contributed by atoms with Crippen LogP contribution in [-0.4, -0.2) is 18.0 Å². The molecule has 16 heavy (non-hydrogen) atoms. The van der Waals surface area contributed by atoms with Gasteiger partial charge in [-0.3, -0.25) is 4.90 Å². The number of benzene rings is 1. The number of hydrogen-bond donors (Lipinski definition) is 1. The van der Waals surface area contributed by atoms with Crippen molar-refractivity contribution < 1.29 is 0 Å². The van der Waals surface area contributed by atoms with E-state index in [-0.39, 0.29) is 0 Å². The number of nitrogens with zero attached hydrogens (tertiary/aromatic N) is 1. The summed E-state index contributed by atoms with van der Waals surface area (Å²) in [7, 11) is 2.21. The summed E-state index contributed by atoms with van der Waals surface area (Å²) in [6.07, 6.45) is 5.45. The molecular weight excluding hydrogens is 264 g/mol. The minimum Gasteiger partial charge on any atom is -0.398 e. The van der Waals surface area contributed by atoms with Gasteiger partial charge in [0.2, 0.25) is 0 Å². The maximum Gasteiger partial charge on any atom is 0.0461 e. The van der Waals surface area contributed by atoms with Gasteiger partial charge in [0.15, 0.2) is 0 Å². The molecule has 2 nitrogen and oxygen atoms in total. The van der Waals surface area contributed by atoms with Crippen LogP contribution in [0.15, 0.2) is 22.7 Å². The van der Waals surface area contributed by atoms with E-state index >= 15 is 0 Å². The first kappa shape index (κ1) is 11.9. The van der Waals surface area contributed by atoms with E-state index in [1.54, 1.807) is 0 Å². The molecule has 0 spiro atoms. The molecule has 1 aromatic rings. The highest BCUT2D eigenvalue weighted by atomic mass is 79.9. The van der Waals surface area contributed by atoms with Gasteiger partial charge in [0, 0.05) is 22.7 Å². The van der Waals surface area contributed by atoms with Gasteiger partial charge in [-0.1, -0.05) is 25.0 Å². The maximum atomic E-state index is 5.88. The molecule has 0 heterocycles. The van der Waals surface area contributed by atoms with Crippen molar-refractivity contribution in [3.8, 4) is 0 Å². The molecule has 1 aliphatic carbocycles. The molecular formula is C13H19BrN2. The van der Waals surface area contributed by atoms with Gasteiger partial charge in [0.05, 0.1) is 0 Å². The van der Waals surface area contributed by atoms with E-state index in [1.165, 1.54) is 31.2 Å². The minimum atomic E-state index is 0.758. The lowest BCUT2D eigenvalue weighted by atomic mass is 10.1. The van der Waals surface area contributed by atoms with E-state index in [2.05, 4.69) is 33.9 Å². The van der Waals surface area contributed by atoms with Gasteiger partial charge in [-0.2, -0.15) is 0 Å². The molecule has 0 bridgehead atoms. The van der Waals surface area contributed by atoms with Gasteiger partial charge >= 0.3 is 0 Å². The minimum absolute atomic E-state index is 0.758. The van der Waals surface area contributed by atoms with E-state index in [1.807, 2.05) is 12.1 Å². The molecule has 1 saturated carbocycles. The molecule has 3 heteroatoms. The summed E-state index contributed by atoms with van der Waals surface area (Å²) in [5.41, 5.74) is 8.00. The van der Waals surface area contributed by atoms with Crippen LogP contribution in [0.25, 0.3) is 0 Å². The van der Waals surface area contributed by atoms with Gasteiger partial charge < -0.3 is 5.73 Å². The van der Waals surface area contributed by atoms with E-state index in [0.29, 0.717) is 0 Å². The van der Waals surface area contributed by atoms with Gasteiger partial charge in [-0.25, -0.2) is 0 Å². The third-order valence-electron chi connectivity index (χ3n) is 3.48. The Kier molecular flexibility index (Phi) is 3.87. The summed E-state index contributed by atoms with van der Waals surface area (Å²) in [5, 5.41) is 0. The Morgan fingerprint density at radius 1 is 1.38 bits per heavy atom. The van der Waals surface area contributed by atoms with Crippen LogP contribution >= 0.6 is 15.9 Å². The predicted octanol–water partition coefficient (Wildman–Crippen LogP) is 3.41. The van der Waals surface area contributed by atoms with Crippen LogP contribution in [0.3, 0.4) is 0 Å². The van der Waals surface area contributed by atoms with Crippen molar-refractivity contribution in [3.63, 3.8) is 0 Å². The SMILES string of the molecule is CN(Cc1cccc(N)c1Br)C1CCCC1. The van der Waals surface area contributed by atoms with Crippen molar-refractivity contribution in [2.75, 3.05) is 12.8 Å². The van der Waals surface area contributed by atoms with Crippen molar-refractivity contribution in [1.29, 1.82) is 0 Å². The third kappa shape index (κ3) is 2.58. The number of hydrogen-bond acceptors (Lipinski definition) is 2. The standard InChI is InChI=1S/C13H19BrN2/c1-16(11-6-2-3-7-11)9-10-5-4-8-12(15)13(10)14/h4-5,8,11H,2-3,6-7,9,15H2,1H3. The molecule has 0 amide bonds. The molecule has 0 aliphatic heterocycles. The topological polar surface area (TPSA) is 29.3 Å². The zero-order chi connectivity index (χ0) is 11.5. The quantitative estimate of drug-likeness (QED) is 0.861. The first-order valence-electron chi connectivity index (χ1n) is 5.91. The summed E-state index contributed by atoms with van der Waals surface area (Å²) in [4.78, 5) is 2.45. The second-order valence-corrected chi connectivity index (χ2v) is 5.47. The van der Waals surface area contributed by atoms with Crippen LogP contribution in [0.2, 0.25) is 0 Å². The number of nitrogens with two attached hydrogens (primary N) is 1. The van der Waals surface area contributed by atoms with E-state index in [4.69, 9.17) is 5.73 Å². The second kappa shape index (κ2) is 5.19. The first-order valence-corrected chi connectivity index (χ1v) is 6.71. The maximum absolute atomic E-state index is 5.88. The molecule has 2 N–H and O–H groups in total. The van der Waals surface area contributed by atoms with Crippen LogP contribution in [0, 0.1) is 0 Å². The molecule has 0 atom stereocenters. The fourth-order valence-corrected chi connectivity index (χ4v) is 2.85. The molecule has 1 aliphatic rings. The second-order valence-electron chi connectivity index (χ2n) is 4.67. The van der Waals surface area contributed by atoms with Crippen LogP contribution in [0.1, 0.15) is 31.2 Å². The highest BCUT2D eigenvalue weighted by Crippen LogP contribution is 2.28. The molecule has 0 aromatic heterocycles. The van der Waals surface area contributed by atoms with Crippen LogP contribution in [-0.2, 0) is 6.54 Å². The Hall–Kier alpha value is -0.540. The zero-order valence-electron chi connectivity index (χ0n) is 9.75. The number of anilines is 1. The van der Waals surface area contributed by atoms with Gasteiger partial charge in [0.1, 0.15) is 0 Å².